The summed E-state index contributed by atoms with van der Waals surface area (Å²) in [5, 5.41) is 3.35. The molecular weight excluding hydrogens is 266 g/mol. The minimum Gasteiger partial charge on any atom is -0.465 e. The fraction of sp³-hybridized carbons (Fsp3) is 0.500. The van der Waals surface area contributed by atoms with Crippen molar-refractivity contribution in [3.8, 4) is 0 Å². The number of esters is 1. The maximum atomic E-state index is 11.9. The van der Waals surface area contributed by atoms with Gasteiger partial charge >= 0.3 is 5.97 Å². The highest BCUT2D eigenvalue weighted by atomic mass is 16.5. The molecule has 0 amide bonds. The third kappa shape index (κ3) is 2.53. The van der Waals surface area contributed by atoms with E-state index in [1.54, 1.807) is 0 Å². The molecule has 21 heavy (non-hydrogen) atoms. The van der Waals surface area contributed by atoms with Crippen LogP contribution in [0.3, 0.4) is 0 Å². The van der Waals surface area contributed by atoms with E-state index < -0.39 is 0 Å². The van der Waals surface area contributed by atoms with Gasteiger partial charge in [0, 0.05) is 23.5 Å². The lowest BCUT2D eigenvalue weighted by Crippen LogP contribution is -2.32. The molecule has 2 heterocycles. The number of hydrogen-bond acceptors (Lipinski definition) is 4. The van der Waals surface area contributed by atoms with Crippen LogP contribution in [0.4, 0.5) is 0 Å². The summed E-state index contributed by atoms with van der Waals surface area (Å²) in [5.74, 6) is -0.184. The molecule has 1 aliphatic rings. The normalized spacial score (nSPS) is 17.7. The fourth-order valence-electron chi connectivity index (χ4n) is 3.21. The molecule has 2 aromatic heterocycles. The number of carbonyl (C=O) groups excluding carboxylic acids is 1. The highest BCUT2D eigenvalue weighted by Crippen LogP contribution is 2.31. The zero-order valence-electron chi connectivity index (χ0n) is 12.6. The van der Waals surface area contributed by atoms with E-state index in [0.29, 0.717) is 12.6 Å². The van der Waals surface area contributed by atoms with Gasteiger partial charge in [-0.2, -0.15) is 0 Å². The molecule has 0 unspecified atom stereocenters. The van der Waals surface area contributed by atoms with Crippen molar-refractivity contribution in [2.24, 2.45) is 0 Å². The Bertz CT molecular complexity index is 663. The first kappa shape index (κ1) is 14.1. The standard InChI is InChI=1S/C16H21N3O2/c1-3-21-15(20)10-19-13-7-6-11(17-2)9-12(13)16-14(19)5-4-8-18-16/h4-5,8,11,17H,3,6-7,9-10H2,1-2H3/t11-/m0/s1. The van der Waals surface area contributed by atoms with E-state index in [0.717, 1.165) is 30.3 Å². The molecule has 0 aromatic carbocycles. The predicted octanol–water partition coefficient (Wildman–Crippen LogP) is 1.68. The average molecular weight is 287 g/mol. The second-order valence-corrected chi connectivity index (χ2v) is 5.42. The summed E-state index contributed by atoms with van der Waals surface area (Å²) in [7, 11) is 2.00. The first-order chi connectivity index (χ1) is 10.2. The van der Waals surface area contributed by atoms with Crippen LogP contribution in [-0.2, 0) is 28.9 Å². The first-order valence-electron chi connectivity index (χ1n) is 7.52. The smallest absolute Gasteiger partial charge is 0.325 e. The molecule has 1 atom stereocenters. The second-order valence-electron chi connectivity index (χ2n) is 5.42. The molecule has 0 spiro atoms. The van der Waals surface area contributed by atoms with Gasteiger partial charge in [0.15, 0.2) is 0 Å². The molecule has 0 saturated heterocycles. The summed E-state index contributed by atoms with van der Waals surface area (Å²) < 4.78 is 7.19. The number of carbonyl (C=O) groups is 1. The summed E-state index contributed by atoms with van der Waals surface area (Å²) in [4.78, 5) is 16.4. The molecule has 5 heteroatoms. The number of ether oxygens (including phenoxy) is 1. The molecule has 1 N–H and O–H groups in total. The SMILES string of the molecule is CCOC(=O)Cn1c2c(c3ncccc31)C[C@@H](NC)CC2. The molecule has 1 aliphatic carbocycles. The monoisotopic (exact) mass is 287 g/mol. The Labute approximate surface area is 124 Å². The predicted molar refractivity (Wildman–Crippen MR) is 81.2 cm³/mol. The van der Waals surface area contributed by atoms with Crippen LogP contribution in [0.5, 0.6) is 0 Å². The van der Waals surface area contributed by atoms with E-state index in [1.165, 1.54) is 11.3 Å². The first-order valence-corrected chi connectivity index (χ1v) is 7.52. The molecule has 112 valence electrons. The summed E-state index contributed by atoms with van der Waals surface area (Å²) in [5.41, 5.74) is 4.58. The number of nitrogens with one attached hydrogen (secondary N) is 1. The maximum Gasteiger partial charge on any atom is 0.325 e. The van der Waals surface area contributed by atoms with Crippen molar-refractivity contribution < 1.29 is 9.53 Å². The van der Waals surface area contributed by atoms with Gasteiger partial charge in [0.1, 0.15) is 6.54 Å². The third-order valence-electron chi connectivity index (χ3n) is 4.22. The van der Waals surface area contributed by atoms with Crippen molar-refractivity contribution in [3.05, 3.63) is 29.6 Å². The van der Waals surface area contributed by atoms with Crippen LogP contribution in [0.15, 0.2) is 18.3 Å². The van der Waals surface area contributed by atoms with Crippen LogP contribution in [0, 0.1) is 0 Å². The molecule has 3 rings (SSSR count). The summed E-state index contributed by atoms with van der Waals surface area (Å²) >= 11 is 0. The van der Waals surface area contributed by atoms with Crippen molar-refractivity contribution >= 4 is 17.0 Å². The number of pyridine rings is 1. The summed E-state index contributed by atoms with van der Waals surface area (Å²) in [6, 6.07) is 4.44. The van der Waals surface area contributed by atoms with E-state index in [4.69, 9.17) is 4.74 Å². The van der Waals surface area contributed by atoms with Crippen LogP contribution in [0.1, 0.15) is 24.6 Å². The van der Waals surface area contributed by atoms with Crippen molar-refractivity contribution in [2.75, 3.05) is 13.7 Å². The van der Waals surface area contributed by atoms with Gasteiger partial charge in [-0.15, -0.1) is 0 Å². The second kappa shape index (κ2) is 5.85. The van der Waals surface area contributed by atoms with Gasteiger partial charge in [-0.1, -0.05) is 0 Å². The highest BCUT2D eigenvalue weighted by molar-refractivity contribution is 5.83. The Morgan fingerprint density at radius 3 is 3.19 bits per heavy atom. The Morgan fingerprint density at radius 1 is 1.57 bits per heavy atom. The number of hydrogen-bond donors (Lipinski definition) is 1. The topological polar surface area (TPSA) is 56.2 Å². The van der Waals surface area contributed by atoms with Gasteiger partial charge in [0.05, 0.1) is 17.6 Å². The van der Waals surface area contributed by atoms with Crippen LogP contribution >= 0.6 is 0 Å². The molecule has 0 bridgehead atoms. The average Bonchev–Trinajstić information content (AvgIpc) is 2.81. The lowest BCUT2D eigenvalue weighted by atomic mass is 9.93. The van der Waals surface area contributed by atoms with Gasteiger partial charge in [-0.3, -0.25) is 9.78 Å². The van der Waals surface area contributed by atoms with Crippen molar-refractivity contribution in [3.63, 3.8) is 0 Å². The van der Waals surface area contributed by atoms with Gasteiger partial charge in [0.2, 0.25) is 0 Å². The van der Waals surface area contributed by atoms with E-state index >= 15 is 0 Å². The number of likely N-dealkylation sites (N-methyl/N-ethyl adjacent to an activating group) is 1. The molecule has 0 saturated carbocycles. The molecule has 2 aromatic rings. The van der Waals surface area contributed by atoms with Crippen LogP contribution in [-0.4, -0.2) is 35.2 Å². The van der Waals surface area contributed by atoms with Crippen LogP contribution in [0.25, 0.3) is 11.0 Å². The Hall–Kier alpha value is -1.88. The summed E-state index contributed by atoms with van der Waals surface area (Å²) in [6.45, 7) is 2.52. The Morgan fingerprint density at radius 2 is 2.43 bits per heavy atom. The van der Waals surface area contributed by atoms with Gasteiger partial charge in [-0.05, 0) is 45.4 Å². The highest BCUT2D eigenvalue weighted by Gasteiger charge is 2.26. The largest absolute Gasteiger partial charge is 0.465 e. The van der Waals surface area contributed by atoms with E-state index in [2.05, 4.69) is 14.9 Å². The van der Waals surface area contributed by atoms with Crippen LogP contribution in [0.2, 0.25) is 0 Å². The third-order valence-corrected chi connectivity index (χ3v) is 4.22. The summed E-state index contributed by atoms with van der Waals surface area (Å²) in [6.07, 6.45) is 4.84. The van der Waals surface area contributed by atoms with Crippen molar-refractivity contribution in [2.45, 2.75) is 38.8 Å². The Kier molecular flexibility index (Phi) is 3.92. The van der Waals surface area contributed by atoms with E-state index in [1.807, 2.05) is 32.3 Å². The molecule has 0 radical (unpaired) electrons. The Balaban J connectivity index is 2.05. The zero-order chi connectivity index (χ0) is 14.8. The van der Waals surface area contributed by atoms with E-state index in [-0.39, 0.29) is 12.5 Å². The van der Waals surface area contributed by atoms with Gasteiger partial charge in [0.25, 0.3) is 0 Å². The van der Waals surface area contributed by atoms with Gasteiger partial charge < -0.3 is 14.6 Å². The van der Waals surface area contributed by atoms with Crippen LogP contribution < -0.4 is 5.32 Å². The number of aromatic nitrogens is 2. The minimum absolute atomic E-state index is 0.184. The number of rotatable bonds is 4. The molecule has 5 nitrogen and oxygen atoms in total. The zero-order valence-corrected chi connectivity index (χ0v) is 12.6. The fourth-order valence-corrected chi connectivity index (χ4v) is 3.21. The number of nitrogens with zero attached hydrogens (tertiary/aromatic N) is 2. The minimum atomic E-state index is -0.184. The molecule has 0 fully saturated rings. The lowest BCUT2D eigenvalue weighted by molar-refractivity contribution is -0.143. The van der Waals surface area contributed by atoms with E-state index in [9.17, 15) is 4.79 Å². The van der Waals surface area contributed by atoms with Crippen molar-refractivity contribution in [1.29, 1.82) is 0 Å². The maximum absolute atomic E-state index is 11.9. The molecule has 0 aliphatic heterocycles. The van der Waals surface area contributed by atoms with Gasteiger partial charge in [-0.25, -0.2) is 0 Å². The quantitative estimate of drug-likeness (QED) is 0.869. The lowest BCUT2D eigenvalue weighted by Gasteiger charge is -2.23. The number of fused-ring (bicyclic) bond motifs is 3. The molecular formula is C16H21N3O2. The van der Waals surface area contributed by atoms with Crippen molar-refractivity contribution in [1.82, 2.24) is 14.9 Å².